The van der Waals surface area contributed by atoms with Gasteiger partial charge in [0.25, 0.3) is 0 Å². The van der Waals surface area contributed by atoms with Crippen LogP contribution >= 0.6 is 11.3 Å². The Hall–Kier alpha value is -1.14. The minimum atomic E-state index is -0.0231. The van der Waals surface area contributed by atoms with Crippen molar-refractivity contribution < 1.29 is 9.90 Å². The molecule has 1 atom stereocenters. The highest BCUT2D eigenvalue weighted by molar-refractivity contribution is 7.09. The highest BCUT2D eigenvalue weighted by Crippen LogP contribution is 2.15. The molecule has 0 aromatic carbocycles. The lowest BCUT2D eigenvalue weighted by Crippen LogP contribution is -2.46. The molecule has 1 aromatic heterocycles. The molecule has 1 fully saturated rings. The minimum absolute atomic E-state index is 0.0231. The number of nitrogens with zero attached hydrogens (tertiary/aromatic N) is 2. The van der Waals surface area contributed by atoms with Crippen LogP contribution < -0.4 is 5.32 Å². The SMILES string of the molecule is Cc1nc(CCNC(=O)N2CCCC(CO)C2)cs1. The van der Waals surface area contributed by atoms with Crippen LogP contribution in [0.25, 0.3) is 0 Å². The molecule has 5 nitrogen and oxygen atoms in total. The number of aliphatic hydroxyl groups is 1. The Kier molecular flexibility index (Phi) is 5.15. The van der Waals surface area contributed by atoms with Crippen molar-refractivity contribution in [2.24, 2.45) is 5.92 Å². The molecule has 0 saturated carbocycles. The molecular formula is C13H21N3O2S. The first-order chi connectivity index (χ1) is 9.19. The first-order valence-corrected chi connectivity index (χ1v) is 7.61. The first-order valence-electron chi connectivity index (χ1n) is 6.73. The number of hydrogen-bond donors (Lipinski definition) is 2. The van der Waals surface area contributed by atoms with E-state index in [1.807, 2.05) is 12.3 Å². The zero-order chi connectivity index (χ0) is 13.7. The van der Waals surface area contributed by atoms with Crippen LogP contribution in [0.4, 0.5) is 4.79 Å². The van der Waals surface area contributed by atoms with Gasteiger partial charge in [-0.1, -0.05) is 0 Å². The van der Waals surface area contributed by atoms with E-state index in [9.17, 15) is 4.79 Å². The number of nitrogens with one attached hydrogen (secondary N) is 1. The van der Waals surface area contributed by atoms with Gasteiger partial charge < -0.3 is 15.3 Å². The van der Waals surface area contributed by atoms with Crippen molar-refractivity contribution in [1.82, 2.24) is 15.2 Å². The van der Waals surface area contributed by atoms with Crippen LogP contribution in [0, 0.1) is 12.8 Å². The van der Waals surface area contributed by atoms with Crippen LogP contribution in [0.5, 0.6) is 0 Å². The average Bonchev–Trinajstić information content (AvgIpc) is 2.84. The van der Waals surface area contributed by atoms with Gasteiger partial charge in [-0.2, -0.15) is 0 Å². The van der Waals surface area contributed by atoms with E-state index in [-0.39, 0.29) is 18.6 Å². The molecule has 1 aromatic rings. The van der Waals surface area contributed by atoms with Crippen LogP contribution in [0.2, 0.25) is 0 Å². The topological polar surface area (TPSA) is 65.5 Å². The van der Waals surface area contributed by atoms with Gasteiger partial charge in [0.1, 0.15) is 0 Å². The van der Waals surface area contributed by atoms with E-state index < -0.39 is 0 Å². The summed E-state index contributed by atoms with van der Waals surface area (Å²) in [7, 11) is 0. The van der Waals surface area contributed by atoms with E-state index in [1.54, 1.807) is 16.2 Å². The fraction of sp³-hybridized carbons (Fsp3) is 0.692. The zero-order valence-electron chi connectivity index (χ0n) is 11.3. The highest BCUT2D eigenvalue weighted by atomic mass is 32.1. The van der Waals surface area contributed by atoms with Gasteiger partial charge in [0.15, 0.2) is 0 Å². The van der Waals surface area contributed by atoms with Crippen LogP contribution in [-0.2, 0) is 6.42 Å². The van der Waals surface area contributed by atoms with Gasteiger partial charge in [0, 0.05) is 38.0 Å². The van der Waals surface area contributed by atoms with Gasteiger partial charge in [-0.25, -0.2) is 9.78 Å². The van der Waals surface area contributed by atoms with E-state index in [1.165, 1.54) is 0 Å². The summed E-state index contributed by atoms with van der Waals surface area (Å²) in [6, 6.07) is -0.0231. The fourth-order valence-corrected chi connectivity index (χ4v) is 2.98. The molecule has 1 unspecified atom stereocenters. The van der Waals surface area contributed by atoms with Crippen LogP contribution in [-0.4, -0.2) is 47.3 Å². The number of piperidine rings is 1. The van der Waals surface area contributed by atoms with E-state index in [0.717, 1.165) is 36.5 Å². The Morgan fingerprint density at radius 3 is 3.21 bits per heavy atom. The molecule has 0 radical (unpaired) electrons. The third-order valence-corrected chi connectivity index (χ3v) is 4.21. The van der Waals surface area contributed by atoms with Crippen molar-refractivity contribution in [3.8, 4) is 0 Å². The number of aromatic nitrogens is 1. The Bertz CT molecular complexity index is 422. The molecular weight excluding hydrogens is 262 g/mol. The summed E-state index contributed by atoms with van der Waals surface area (Å²) in [5.41, 5.74) is 1.04. The number of urea groups is 1. The summed E-state index contributed by atoms with van der Waals surface area (Å²) >= 11 is 1.63. The monoisotopic (exact) mass is 283 g/mol. The Balaban J connectivity index is 1.72. The first kappa shape index (κ1) is 14.3. The van der Waals surface area contributed by atoms with Crippen LogP contribution in [0.15, 0.2) is 5.38 Å². The second-order valence-electron chi connectivity index (χ2n) is 4.98. The second kappa shape index (κ2) is 6.86. The summed E-state index contributed by atoms with van der Waals surface area (Å²) in [5, 5.41) is 15.2. The molecule has 2 amide bonds. The van der Waals surface area contributed by atoms with E-state index in [4.69, 9.17) is 5.11 Å². The van der Waals surface area contributed by atoms with Gasteiger partial charge >= 0.3 is 6.03 Å². The lowest BCUT2D eigenvalue weighted by molar-refractivity contribution is 0.129. The number of rotatable bonds is 4. The number of likely N-dealkylation sites (tertiary alicyclic amines) is 1. The Labute approximate surface area is 117 Å². The smallest absolute Gasteiger partial charge is 0.317 e. The fourth-order valence-electron chi connectivity index (χ4n) is 2.33. The predicted molar refractivity (Wildman–Crippen MR) is 75.3 cm³/mol. The average molecular weight is 283 g/mol. The summed E-state index contributed by atoms with van der Waals surface area (Å²) in [5.74, 6) is 0.237. The van der Waals surface area contributed by atoms with Gasteiger partial charge in [0.05, 0.1) is 10.7 Å². The Morgan fingerprint density at radius 1 is 1.68 bits per heavy atom. The highest BCUT2D eigenvalue weighted by Gasteiger charge is 2.22. The predicted octanol–water partition coefficient (Wildman–Crippen LogP) is 1.41. The number of carbonyl (C=O) groups excluding carboxylic acids is 1. The van der Waals surface area contributed by atoms with Crippen molar-refractivity contribution in [2.45, 2.75) is 26.2 Å². The Morgan fingerprint density at radius 2 is 2.53 bits per heavy atom. The molecule has 0 aliphatic carbocycles. The van der Waals surface area contributed by atoms with Crippen molar-refractivity contribution in [3.63, 3.8) is 0 Å². The molecule has 0 bridgehead atoms. The second-order valence-corrected chi connectivity index (χ2v) is 6.04. The van der Waals surface area contributed by atoms with Gasteiger partial charge in [0.2, 0.25) is 0 Å². The van der Waals surface area contributed by atoms with Crippen LogP contribution in [0.3, 0.4) is 0 Å². The van der Waals surface area contributed by atoms with E-state index in [2.05, 4.69) is 10.3 Å². The molecule has 2 rings (SSSR count). The quantitative estimate of drug-likeness (QED) is 0.878. The van der Waals surface area contributed by atoms with Gasteiger partial charge in [-0.3, -0.25) is 0 Å². The number of aryl methyl sites for hydroxylation is 1. The molecule has 1 aliphatic heterocycles. The molecule has 1 saturated heterocycles. The van der Waals surface area contributed by atoms with Crippen molar-refractivity contribution in [3.05, 3.63) is 16.1 Å². The number of amides is 2. The van der Waals surface area contributed by atoms with Gasteiger partial charge in [-0.15, -0.1) is 11.3 Å². The molecule has 19 heavy (non-hydrogen) atoms. The van der Waals surface area contributed by atoms with Crippen molar-refractivity contribution in [1.29, 1.82) is 0 Å². The maximum atomic E-state index is 12.0. The third-order valence-electron chi connectivity index (χ3n) is 3.39. The molecule has 0 spiro atoms. The number of aliphatic hydroxyl groups excluding tert-OH is 1. The molecule has 1 aliphatic rings. The summed E-state index contributed by atoms with van der Waals surface area (Å²) in [4.78, 5) is 18.1. The van der Waals surface area contributed by atoms with Crippen molar-refractivity contribution >= 4 is 17.4 Å². The summed E-state index contributed by atoms with van der Waals surface area (Å²) in [6.07, 6.45) is 2.76. The standard InChI is InChI=1S/C13H21N3O2S/c1-10-15-12(9-19-10)4-5-14-13(18)16-6-2-3-11(7-16)8-17/h9,11,17H,2-8H2,1H3,(H,14,18). The zero-order valence-corrected chi connectivity index (χ0v) is 12.1. The maximum Gasteiger partial charge on any atom is 0.317 e. The van der Waals surface area contributed by atoms with E-state index >= 15 is 0 Å². The maximum absolute atomic E-state index is 12.0. The largest absolute Gasteiger partial charge is 0.396 e. The normalized spacial score (nSPS) is 19.5. The number of thiazole rings is 1. The van der Waals surface area contributed by atoms with Crippen LogP contribution in [0.1, 0.15) is 23.5 Å². The molecule has 2 N–H and O–H groups in total. The van der Waals surface area contributed by atoms with E-state index in [0.29, 0.717) is 13.1 Å². The van der Waals surface area contributed by atoms with Gasteiger partial charge in [-0.05, 0) is 25.7 Å². The molecule has 106 valence electrons. The summed E-state index contributed by atoms with van der Waals surface area (Å²) in [6.45, 7) is 4.22. The molecule has 6 heteroatoms. The lowest BCUT2D eigenvalue weighted by atomic mass is 9.99. The number of hydrogen-bond acceptors (Lipinski definition) is 4. The lowest BCUT2D eigenvalue weighted by Gasteiger charge is -2.31. The summed E-state index contributed by atoms with van der Waals surface area (Å²) < 4.78 is 0. The van der Waals surface area contributed by atoms with Crippen molar-refractivity contribution in [2.75, 3.05) is 26.2 Å². The third kappa shape index (κ3) is 4.18. The molecule has 2 heterocycles. The minimum Gasteiger partial charge on any atom is -0.396 e. The number of carbonyl (C=O) groups is 1.